The van der Waals surface area contributed by atoms with Gasteiger partial charge in [-0.3, -0.25) is 10.1 Å². The lowest BCUT2D eigenvalue weighted by Gasteiger charge is -2.09. The maximum absolute atomic E-state index is 12.6. The SMILES string of the molecule is COc1ccc2c(COC(=O)c3ccc(Sc4ccc(C)cc4)c([N+](=O)[O-])c3)cc(=O)oc2c1. The number of carbonyl (C=O) groups is 1. The molecule has 0 aliphatic rings. The quantitative estimate of drug-likeness (QED) is 0.148. The van der Waals surface area contributed by atoms with Crippen molar-refractivity contribution < 1.29 is 23.6 Å². The minimum absolute atomic E-state index is 0.0360. The first kappa shape index (κ1) is 23.1. The van der Waals surface area contributed by atoms with E-state index in [1.807, 2.05) is 31.2 Å². The molecule has 1 heterocycles. The monoisotopic (exact) mass is 477 g/mol. The number of nitrogens with zero attached hydrogens (tertiary/aromatic N) is 1. The van der Waals surface area contributed by atoms with E-state index in [1.54, 1.807) is 18.2 Å². The molecule has 0 fully saturated rings. The van der Waals surface area contributed by atoms with Gasteiger partial charge in [0.15, 0.2) is 0 Å². The molecule has 0 radical (unpaired) electrons. The summed E-state index contributed by atoms with van der Waals surface area (Å²) in [6.45, 7) is 1.75. The van der Waals surface area contributed by atoms with E-state index in [9.17, 15) is 19.7 Å². The van der Waals surface area contributed by atoms with Gasteiger partial charge in [-0.1, -0.05) is 29.5 Å². The molecule has 0 atom stereocenters. The topological polar surface area (TPSA) is 109 Å². The molecule has 0 unspecified atom stereocenters. The van der Waals surface area contributed by atoms with Crippen LogP contribution in [0.1, 0.15) is 21.5 Å². The number of nitro groups is 1. The summed E-state index contributed by atoms with van der Waals surface area (Å²) in [7, 11) is 1.49. The normalized spacial score (nSPS) is 10.8. The molecule has 172 valence electrons. The van der Waals surface area contributed by atoms with Gasteiger partial charge in [0.25, 0.3) is 5.69 Å². The Morgan fingerprint density at radius 1 is 1.06 bits per heavy atom. The minimum Gasteiger partial charge on any atom is -0.497 e. The van der Waals surface area contributed by atoms with Gasteiger partial charge in [0.2, 0.25) is 0 Å². The van der Waals surface area contributed by atoms with Crippen molar-refractivity contribution in [1.82, 2.24) is 0 Å². The summed E-state index contributed by atoms with van der Waals surface area (Å²) in [6.07, 6.45) is 0. The number of carbonyl (C=O) groups excluding carboxylic acids is 1. The lowest BCUT2D eigenvalue weighted by atomic mass is 10.1. The number of esters is 1. The Bertz CT molecular complexity index is 1440. The molecule has 0 amide bonds. The van der Waals surface area contributed by atoms with Gasteiger partial charge in [-0.2, -0.15) is 0 Å². The van der Waals surface area contributed by atoms with Crippen LogP contribution in [0.15, 0.2) is 85.7 Å². The molecular weight excluding hydrogens is 458 g/mol. The van der Waals surface area contributed by atoms with E-state index in [1.165, 1.54) is 43.1 Å². The van der Waals surface area contributed by atoms with Crippen LogP contribution in [0.5, 0.6) is 5.75 Å². The average Bonchev–Trinajstić information content (AvgIpc) is 2.83. The van der Waals surface area contributed by atoms with E-state index in [-0.39, 0.29) is 17.9 Å². The number of benzene rings is 3. The Morgan fingerprint density at radius 2 is 1.82 bits per heavy atom. The zero-order valence-corrected chi connectivity index (χ0v) is 19.1. The summed E-state index contributed by atoms with van der Waals surface area (Å²) in [5.41, 5.74) is 1.07. The van der Waals surface area contributed by atoms with Gasteiger partial charge < -0.3 is 13.9 Å². The second kappa shape index (κ2) is 9.80. The second-order valence-corrected chi connectivity index (χ2v) is 8.50. The first-order chi connectivity index (χ1) is 16.3. The third-order valence-electron chi connectivity index (χ3n) is 5.04. The van der Waals surface area contributed by atoms with Crippen molar-refractivity contribution in [3.05, 3.63) is 104 Å². The van der Waals surface area contributed by atoms with E-state index >= 15 is 0 Å². The molecule has 0 aliphatic heterocycles. The van der Waals surface area contributed by atoms with Crippen LogP contribution in [0.25, 0.3) is 11.0 Å². The van der Waals surface area contributed by atoms with Gasteiger partial charge in [0.1, 0.15) is 17.9 Å². The molecule has 34 heavy (non-hydrogen) atoms. The van der Waals surface area contributed by atoms with Crippen molar-refractivity contribution in [2.24, 2.45) is 0 Å². The number of hydrogen-bond donors (Lipinski definition) is 0. The molecule has 1 aromatic heterocycles. The third-order valence-corrected chi connectivity index (χ3v) is 6.11. The van der Waals surface area contributed by atoms with E-state index < -0.39 is 16.5 Å². The average molecular weight is 477 g/mol. The van der Waals surface area contributed by atoms with Gasteiger partial charge >= 0.3 is 11.6 Å². The van der Waals surface area contributed by atoms with Gasteiger partial charge in [-0.15, -0.1) is 0 Å². The summed E-state index contributed by atoms with van der Waals surface area (Å²) in [5, 5.41) is 12.2. The van der Waals surface area contributed by atoms with Crippen LogP contribution in [0.4, 0.5) is 5.69 Å². The maximum Gasteiger partial charge on any atom is 0.338 e. The summed E-state index contributed by atoms with van der Waals surface area (Å²) in [6, 6.07) is 18.0. The lowest BCUT2D eigenvalue weighted by Crippen LogP contribution is -2.08. The third kappa shape index (κ3) is 5.10. The summed E-state index contributed by atoms with van der Waals surface area (Å²) >= 11 is 1.24. The number of ether oxygens (including phenoxy) is 2. The van der Waals surface area contributed by atoms with Crippen LogP contribution >= 0.6 is 11.8 Å². The molecular formula is C25H19NO7S. The fraction of sp³-hybridized carbons (Fsp3) is 0.120. The molecule has 0 saturated carbocycles. The predicted octanol–water partition coefficient (Wildman–Crippen LogP) is 5.53. The van der Waals surface area contributed by atoms with Gasteiger partial charge in [-0.25, -0.2) is 9.59 Å². The predicted molar refractivity (Wildman–Crippen MR) is 127 cm³/mol. The zero-order valence-electron chi connectivity index (χ0n) is 18.3. The molecule has 9 heteroatoms. The number of methoxy groups -OCH3 is 1. The molecule has 0 spiro atoms. The highest BCUT2D eigenvalue weighted by Crippen LogP contribution is 2.35. The van der Waals surface area contributed by atoms with Crippen molar-refractivity contribution >= 4 is 34.4 Å². The zero-order chi connectivity index (χ0) is 24.2. The van der Waals surface area contributed by atoms with Crippen molar-refractivity contribution in [3.8, 4) is 5.75 Å². The van der Waals surface area contributed by atoms with Crippen LogP contribution in [0, 0.1) is 17.0 Å². The number of aryl methyl sites for hydroxylation is 1. The molecule has 0 aliphatic carbocycles. The smallest absolute Gasteiger partial charge is 0.338 e. The summed E-state index contributed by atoms with van der Waals surface area (Å²) in [4.78, 5) is 36.9. The standard InChI is InChI=1S/C25H19NO7S/c1-15-3-7-19(8-4-15)34-23-10-5-16(11-21(23)26(29)30)25(28)32-14-17-12-24(27)33-22-13-18(31-2)6-9-20(17)22/h3-13H,14H2,1-2H3. The lowest BCUT2D eigenvalue weighted by molar-refractivity contribution is -0.387. The van der Waals surface area contributed by atoms with Gasteiger partial charge in [-0.05, 0) is 43.3 Å². The fourth-order valence-corrected chi connectivity index (χ4v) is 4.19. The Morgan fingerprint density at radius 3 is 2.53 bits per heavy atom. The van der Waals surface area contributed by atoms with Crippen molar-refractivity contribution in [1.29, 1.82) is 0 Å². The van der Waals surface area contributed by atoms with Crippen LogP contribution in [-0.2, 0) is 11.3 Å². The Balaban J connectivity index is 1.55. The molecule has 0 N–H and O–H groups in total. The van der Waals surface area contributed by atoms with E-state index in [4.69, 9.17) is 13.9 Å². The Hall–Kier alpha value is -4.11. The van der Waals surface area contributed by atoms with Crippen LogP contribution < -0.4 is 10.4 Å². The van der Waals surface area contributed by atoms with E-state index in [0.29, 0.717) is 27.2 Å². The number of rotatable bonds is 7. The van der Waals surface area contributed by atoms with Crippen LogP contribution in [-0.4, -0.2) is 18.0 Å². The van der Waals surface area contributed by atoms with E-state index in [2.05, 4.69) is 0 Å². The maximum atomic E-state index is 12.6. The van der Waals surface area contributed by atoms with E-state index in [0.717, 1.165) is 10.5 Å². The Kier molecular flexibility index (Phi) is 6.65. The largest absolute Gasteiger partial charge is 0.497 e. The van der Waals surface area contributed by atoms with Crippen molar-refractivity contribution in [2.45, 2.75) is 23.3 Å². The van der Waals surface area contributed by atoms with Crippen LogP contribution in [0.3, 0.4) is 0 Å². The number of nitro benzene ring substituents is 1. The highest BCUT2D eigenvalue weighted by molar-refractivity contribution is 7.99. The highest BCUT2D eigenvalue weighted by Gasteiger charge is 2.20. The second-order valence-electron chi connectivity index (χ2n) is 7.38. The Labute approximate surface area is 198 Å². The molecule has 8 nitrogen and oxygen atoms in total. The summed E-state index contributed by atoms with van der Waals surface area (Å²) < 4.78 is 15.7. The first-order valence-electron chi connectivity index (χ1n) is 10.1. The fourth-order valence-electron chi connectivity index (χ4n) is 3.29. The minimum atomic E-state index is -0.745. The molecule has 3 aromatic carbocycles. The van der Waals surface area contributed by atoms with Crippen molar-refractivity contribution in [3.63, 3.8) is 0 Å². The molecule has 4 aromatic rings. The highest BCUT2D eigenvalue weighted by atomic mass is 32.2. The summed E-state index contributed by atoms with van der Waals surface area (Å²) in [5.74, 6) is -0.231. The molecule has 4 rings (SSSR count). The number of hydrogen-bond acceptors (Lipinski definition) is 8. The van der Waals surface area contributed by atoms with Crippen molar-refractivity contribution in [2.75, 3.05) is 7.11 Å². The molecule has 0 saturated heterocycles. The first-order valence-corrected chi connectivity index (χ1v) is 11.0. The van der Waals surface area contributed by atoms with Crippen LogP contribution in [0.2, 0.25) is 0 Å². The van der Waals surface area contributed by atoms with Gasteiger partial charge in [0.05, 0.1) is 22.5 Å². The van der Waals surface area contributed by atoms with Gasteiger partial charge in [0, 0.05) is 34.0 Å². The molecule has 0 bridgehead atoms. The number of fused-ring (bicyclic) bond motifs is 1.